The molecule has 5 nitrogen and oxygen atoms in total. The maximum atomic E-state index is 12.9. The minimum atomic E-state index is -0.337. The number of aliphatic hydroxyl groups is 1. The smallest absolute Gasteiger partial charge is 0.289 e. The predicted octanol–water partition coefficient (Wildman–Crippen LogP) is 3.23. The van der Waals surface area contributed by atoms with Gasteiger partial charge in [-0.2, -0.15) is 0 Å². The van der Waals surface area contributed by atoms with E-state index < -0.39 is 0 Å². The third-order valence-electron chi connectivity index (χ3n) is 4.58. The van der Waals surface area contributed by atoms with E-state index in [-0.39, 0.29) is 36.1 Å². The van der Waals surface area contributed by atoms with E-state index in [1.54, 1.807) is 24.0 Å². The number of aliphatic hydroxyl groups excluding tert-OH is 1. The molecule has 134 valence electrons. The highest BCUT2D eigenvalue weighted by molar-refractivity contribution is 5.91. The standard InChI is InChI=1S/C19H22FNO4/c1-13(22)14-8-10-21(11-9-14)19(23)18-7-6-17(25-18)12-24-16-4-2-15(20)3-5-16/h2-7,13-14,22H,8-12H2,1H3. The molecule has 2 aromatic rings. The predicted molar refractivity (Wildman–Crippen MR) is 89.7 cm³/mol. The van der Waals surface area contributed by atoms with E-state index >= 15 is 0 Å². The minimum absolute atomic E-state index is 0.142. The quantitative estimate of drug-likeness (QED) is 0.902. The van der Waals surface area contributed by atoms with E-state index in [0.29, 0.717) is 24.6 Å². The molecule has 2 heterocycles. The van der Waals surface area contributed by atoms with Crippen LogP contribution in [0.25, 0.3) is 0 Å². The molecular weight excluding hydrogens is 325 g/mol. The second-order valence-electron chi connectivity index (χ2n) is 6.38. The number of piperidine rings is 1. The summed E-state index contributed by atoms with van der Waals surface area (Å²) in [4.78, 5) is 14.2. The highest BCUT2D eigenvalue weighted by Crippen LogP contribution is 2.23. The fourth-order valence-electron chi connectivity index (χ4n) is 3.00. The van der Waals surface area contributed by atoms with Crippen LogP contribution in [-0.4, -0.2) is 35.1 Å². The summed E-state index contributed by atoms with van der Waals surface area (Å²) in [5.41, 5.74) is 0. The lowest BCUT2D eigenvalue weighted by Crippen LogP contribution is -2.40. The van der Waals surface area contributed by atoms with Gasteiger partial charge in [-0.05, 0) is 62.1 Å². The fraction of sp³-hybridized carbons (Fsp3) is 0.421. The van der Waals surface area contributed by atoms with E-state index in [0.717, 1.165) is 12.8 Å². The lowest BCUT2D eigenvalue weighted by molar-refractivity contribution is 0.0495. The van der Waals surface area contributed by atoms with Crippen LogP contribution in [-0.2, 0) is 6.61 Å². The summed E-state index contributed by atoms with van der Waals surface area (Å²) in [6.45, 7) is 3.21. The summed E-state index contributed by atoms with van der Waals surface area (Å²) in [5, 5.41) is 9.63. The van der Waals surface area contributed by atoms with Crippen molar-refractivity contribution >= 4 is 5.91 Å². The first-order valence-electron chi connectivity index (χ1n) is 8.47. The zero-order valence-electron chi connectivity index (χ0n) is 14.2. The molecular formula is C19H22FNO4. The molecule has 0 aliphatic carbocycles. The van der Waals surface area contributed by atoms with Crippen LogP contribution >= 0.6 is 0 Å². The maximum Gasteiger partial charge on any atom is 0.289 e. The number of benzene rings is 1. The Balaban J connectivity index is 1.54. The molecule has 1 unspecified atom stereocenters. The first-order valence-corrected chi connectivity index (χ1v) is 8.47. The van der Waals surface area contributed by atoms with Crippen molar-refractivity contribution in [2.45, 2.75) is 32.5 Å². The molecule has 0 radical (unpaired) electrons. The molecule has 1 aromatic carbocycles. The van der Waals surface area contributed by atoms with Gasteiger partial charge in [-0.25, -0.2) is 4.39 Å². The van der Waals surface area contributed by atoms with Crippen LogP contribution in [0.3, 0.4) is 0 Å². The molecule has 1 atom stereocenters. The number of carbonyl (C=O) groups excluding carboxylic acids is 1. The number of rotatable bonds is 5. The van der Waals surface area contributed by atoms with Gasteiger partial charge >= 0.3 is 0 Å². The number of carbonyl (C=O) groups is 1. The molecule has 1 amide bonds. The van der Waals surface area contributed by atoms with Gasteiger partial charge in [0.15, 0.2) is 5.76 Å². The number of furan rings is 1. The van der Waals surface area contributed by atoms with E-state index in [1.165, 1.54) is 24.3 Å². The molecule has 1 aromatic heterocycles. The van der Waals surface area contributed by atoms with Gasteiger partial charge in [-0.15, -0.1) is 0 Å². The van der Waals surface area contributed by atoms with Gasteiger partial charge in [-0.3, -0.25) is 4.79 Å². The van der Waals surface area contributed by atoms with Crippen LogP contribution < -0.4 is 4.74 Å². The minimum Gasteiger partial charge on any atom is -0.486 e. The number of halogens is 1. The summed E-state index contributed by atoms with van der Waals surface area (Å²) >= 11 is 0. The number of amides is 1. The third-order valence-corrected chi connectivity index (χ3v) is 4.58. The van der Waals surface area contributed by atoms with Crippen LogP contribution in [0.2, 0.25) is 0 Å². The Hall–Kier alpha value is -2.34. The van der Waals surface area contributed by atoms with Crippen LogP contribution in [0.1, 0.15) is 36.1 Å². The number of likely N-dealkylation sites (tertiary alicyclic amines) is 1. The lowest BCUT2D eigenvalue weighted by Gasteiger charge is -2.32. The van der Waals surface area contributed by atoms with Gasteiger partial charge in [-0.1, -0.05) is 0 Å². The normalized spacial score (nSPS) is 16.7. The number of hydrogen-bond acceptors (Lipinski definition) is 4. The molecule has 6 heteroatoms. The molecule has 1 N–H and O–H groups in total. The van der Waals surface area contributed by atoms with Crippen molar-refractivity contribution in [1.29, 1.82) is 0 Å². The van der Waals surface area contributed by atoms with E-state index in [1.807, 2.05) is 0 Å². The van der Waals surface area contributed by atoms with Crippen LogP contribution in [0, 0.1) is 11.7 Å². The maximum absolute atomic E-state index is 12.9. The fourth-order valence-corrected chi connectivity index (χ4v) is 3.00. The second kappa shape index (κ2) is 7.70. The number of hydrogen-bond donors (Lipinski definition) is 1. The van der Waals surface area contributed by atoms with Gasteiger partial charge in [0.25, 0.3) is 5.91 Å². The second-order valence-corrected chi connectivity index (χ2v) is 6.38. The van der Waals surface area contributed by atoms with Gasteiger partial charge in [0.2, 0.25) is 0 Å². The lowest BCUT2D eigenvalue weighted by atomic mass is 9.92. The Morgan fingerprint density at radius 3 is 2.60 bits per heavy atom. The van der Waals surface area contributed by atoms with Crippen molar-refractivity contribution in [1.82, 2.24) is 4.90 Å². The Kier molecular flexibility index (Phi) is 5.38. The van der Waals surface area contributed by atoms with Gasteiger partial charge in [0, 0.05) is 13.1 Å². The first-order chi connectivity index (χ1) is 12.0. The van der Waals surface area contributed by atoms with Crippen molar-refractivity contribution < 1.29 is 23.4 Å². The molecule has 0 saturated carbocycles. The molecule has 0 spiro atoms. The Labute approximate surface area is 146 Å². The Bertz CT molecular complexity index is 702. The largest absolute Gasteiger partial charge is 0.486 e. The summed E-state index contributed by atoms with van der Waals surface area (Å²) in [6.07, 6.45) is 1.26. The highest BCUT2D eigenvalue weighted by atomic mass is 19.1. The average Bonchev–Trinajstić information content (AvgIpc) is 3.10. The van der Waals surface area contributed by atoms with Crippen molar-refractivity contribution in [3.63, 3.8) is 0 Å². The van der Waals surface area contributed by atoms with Gasteiger partial charge < -0.3 is 19.2 Å². The van der Waals surface area contributed by atoms with E-state index in [9.17, 15) is 14.3 Å². The van der Waals surface area contributed by atoms with Crippen LogP contribution in [0.4, 0.5) is 4.39 Å². The monoisotopic (exact) mass is 347 g/mol. The molecule has 25 heavy (non-hydrogen) atoms. The summed E-state index contributed by atoms with van der Waals surface area (Å²) in [6, 6.07) is 9.07. The third kappa shape index (κ3) is 4.39. The van der Waals surface area contributed by atoms with Crippen LogP contribution in [0.5, 0.6) is 5.75 Å². The first kappa shape index (κ1) is 17.5. The SMILES string of the molecule is CC(O)C1CCN(C(=O)c2ccc(COc3ccc(F)cc3)o2)CC1. The van der Waals surface area contributed by atoms with Gasteiger partial charge in [0.05, 0.1) is 6.10 Å². The molecule has 1 saturated heterocycles. The van der Waals surface area contributed by atoms with Crippen molar-refractivity contribution in [3.05, 3.63) is 53.7 Å². The van der Waals surface area contributed by atoms with Gasteiger partial charge in [0.1, 0.15) is 23.9 Å². The molecule has 3 rings (SSSR count). The van der Waals surface area contributed by atoms with Crippen LogP contribution in [0.15, 0.2) is 40.8 Å². The molecule has 1 aliphatic rings. The number of ether oxygens (including phenoxy) is 1. The Morgan fingerprint density at radius 2 is 1.96 bits per heavy atom. The summed E-state index contributed by atoms with van der Waals surface area (Å²) in [5.74, 6) is 1.14. The molecule has 1 fully saturated rings. The highest BCUT2D eigenvalue weighted by Gasteiger charge is 2.27. The van der Waals surface area contributed by atoms with Crippen molar-refractivity contribution in [2.24, 2.45) is 5.92 Å². The molecule has 1 aliphatic heterocycles. The molecule has 0 bridgehead atoms. The van der Waals surface area contributed by atoms with Crippen molar-refractivity contribution in [2.75, 3.05) is 13.1 Å². The van der Waals surface area contributed by atoms with E-state index in [2.05, 4.69) is 0 Å². The zero-order chi connectivity index (χ0) is 17.8. The topological polar surface area (TPSA) is 62.9 Å². The zero-order valence-corrected chi connectivity index (χ0v) is 14.2. The number of nitrogens with zero attached hydrogens (tertiary/aromatic N) is 1. The Morgan fingerprint density at radius 1 is 1.28 bits per heavy atom. The average molecular weight is 347 g/mol. The van der Waals surface area contributed by atoms with Crippen molar-refractivity contribution in [3.8, 4) is 5.75 Å². The summed E-state index contributed by atoms with van der Waals surface area (Å²) in [7, 11) is 0. The van der Waals surface area contributed by atoms with E-state index in [4.69, 9.17) is 9.15 Å². The summed E-state index contributed by atoms with van der Waals surface area (Å²) < 4.78 is 23.9.